The molecule has 0 fully saturated rings. The van der Waals surface area contributed by atoms with Crippen LogP contribution in [0.15, 0.2) is 57.6 Å². The van der Waals surface area contributed by atoms with E-state index in [-0.39, 0.29) is 11.6 Å². The highest BCUT2D eigenvalue weighted by Crippen LogP contribution is 2.26. The van der Waals surface area contributed by atoms with Gasteiger partial charge in [0.15, 0.2) is 5.70 Å². The first-order valence-electron chi connectivity index (χ1n) is 6.26. The molecule has 0 saturated carbocycles. The molecule has 6 heteroatoms. The van der Waals surface area contributed by atoms with Gasteiger partial charge in [-0.3, -0.25) is 0 Å². The smallest absolute Gasteiger partial charge is 0.363 e. The average molecular weight is 397 g/mol. The summed E-state index contributed by atoms with van der Waals surface area (Å²) in [7, 11) is 0. The van der Waals surface area contributed by atoms with E-state index in [4.69, 9.17) is 27.9 Å². The second kappa shape index (κ2) is 6.24. The van der Waals surface area contributed by atoms with Gasteiger partial charge < -0.3 is 4.74 Å². The maximum absolute atomic E-state index is 11.9. The fraction of sp³-hybridized carbons (Fsp3) is 0. The minimum absolute atomic E-state index is 0.213. The number of nitrogens with zero attached hydrogens (tertiary/aromatic N) is 1. The summed E-state index contributed by atoms with van der Waals surface area (Å²) < 4.78 is 6.11. The topological polar surface area (TPSA) is 38.7 Å². The summed E-state index contributed by atoms with van der Waals surface area (Å²) in [4.78, 5) is 16.1. The second-order valence-corrected chi connectivity index (χ2v) is 6.25. The van der Waals surface area contributed by atoms with Gasteiger partial charge in [0.1, 0.15) is 0 Å². The Labute approximate surface area is 145 Å². The summed E-state index contributed by atoms with van der Waals surface area (Å²) in [5.74, 6) is -0.286. The Kier molecular flexibility index (Phi) is 4.34. The predicted octanol–water partition coefficient (Wildman–Crippen LogP) is 5.10. The second-order valence-electron chi connectivity index (χ2n) is 4.52. The molecule has 3 rings (SSSR count). The molecular formula is C16H8BrCl2NO2. The molecule has 1 aliphatic rings. The van der Waals surface area contributed by atoms with E-state index in [0.29, 0.717) is 15.6 Å². The third kappa shape index (κ3) is 3.24. The van der Waals surface area contributed by atoms with Crippen LogP contribution in [-0.2, 0) is 9.53 Å². The molecule has 0 radical (unpaired) electrons. The summed E-state index contributed by atoms with van der Waals surface area (Å²) in [6.07, 6.45) is 1.66. The Hall–Kier alpha value is -1.62. The van der Waals surface area contributed by atoms with E-state index in [1.165, 1.54) is 0 Å². The fourth-order valence-corrected chi connectivity index (χ4v) is 2.63. The summed E-state index contributed by atoms with van der Waals surface area (Å²) in [5.41, 5.74) is 1.68. The van der Waals surface area contributed by atoms with Crippen LogP contribution in [0.4, 0.5) is 0 Å². The monoisotopic (exact) mass is 395 g/mol. The first-order chi connectivity index (χ1) is 10.5. The van der Waals surface area contributed by atoms with Crippen molar-refractivity contribution in [3.63, 3.8) is 0 Å². The number of esters is 1. The van der Waals surface area contributed by atoms with Crippen LogP contribution in [0, 0.1) is 0 Å². The number of halogens is 3. The summed E-state index contributed by atoms with van der Waals surface area (Å²) >= 11 is 15.2. The lowest BCUT2D eigenvalue weighted by Gasteiger charge is -2.01. The van der Waals surface area contributed by atoms with Crippen LogP contribution in [0.3, 0.4) is 0 Å². The molecule has 0 aromatic heterocycles. The van der Waals surface area contributed by atoms with Gasteiger partial charge in [0.2, 0.25) is 5.90 Å². The van der Waals surface area contributed by atoms with E-state index < -0.39 is 5.97 Å². The highest BCUT2D eigenvalue weighted by atomic mass is 79.9. The zero-order valence-corrected chi connectivity index (χ0v) is 14.1. The van der Waals surface area contributed by atoms with Gasteiger partial charge >= 0.3 is 5.97 Å². The van der Waals surface area contributed by atoms with E-state index in [1.54, 1.807) is 24.3 Å². The van der Waals surface area contributed by atoms with Gasteiger partial charge in [-0.1, -0.05) is 51.3 Å². The molecule has 3 nitrogen and oxygen atoms in total. The number of rotatable bonds is 2. The van der Waals surface area contributed by atoms with E-state index in [2.05, 4.69) is 20.9 Å². The average Bonchev–Trinajstić information content (AvgIpc) is 2.83. The molecule has 0 atom stereocenters. The number of carbonyl (C=O) groups excluding carboxylic acids is 1. The number of carbonyl (C=O) groups is 1. The number of hydrogen-bond donors (Lipinski definition) is 0. The largest absolute Gasteiger partial charge is 0.402 e. The summed E-state index contributed by atoms with van der Waals surface area (Å²) in [6.45, 7) is 0. The van der Waals surface area contributed by atoms with Crippen molar-refractivity contribution in [2.75, 3.05) is 0 Å². The van der Waals surface area contributed by atoms with Crippen molar-refractivity contribution >= 4 is 57.1 Å². The quantitative estimate of drug-likeness (QED) is 0.523. The van der Waals surface area contributed by atoms with Gasteiger partial charge in [0.05, 0.1) is 10.0 Å². The van der Waals surface area contributed by atoms with Crippen LogP contribution < -0.4 is 0 Å². The molecule has 0 aliphatic carbocycles. The van der Waals surface area contributed by atoms with E-state index in [9.17, 15) is 4.79 Å². The summed E-state index contributed by atoms with van der Waals surface area (Å²) in [5, 5.41) is 0.808. The number of cyclic esters (lactones) is 1. The molecule has 1 aliphatic heterocycles. The lowest BCUT2D eigenvalue weighted by Crippen LogP contribution is -2.05. The number of hydrogen-bond acceptors (Lipinski definition) is 3. The first-order valence-corrected chi connectivity index (χ1v) is 7.81. The van der Waals surface area contributed by atoms with E-state index in [1.807, 2.05) is 24.3 Å². The molecule has 0 saturated heterocycles. The van der Waals surface area contributed by atoms with Crippen LogP contribution in [-0.4, -0.2) is 11.9 Å². The predicted molar refractivity (Wildman–Crippen MR) is 91.2 cm³/mol. The van der Waals surface area contributed by atoms with Crippen LogP contribution >= 0.6 is 39.1 Å². The molecule has 2 aromatic carbocycles. The molecule has 0 unspecified atom stereocenters. The van der Waals surface area contributed by atoms with E-state index in [0.717, 1.165) is 10.0 Å². The first kappa shape index (κ1) is 15.3. The molecule has 1 heterocycles. The Morgan fingerprint density at radius 1 is 1.09 bits per heavy atom. The van der Waals surface area contributed by atoms with Crippen molar-refractivity contribution in [2.24, 2.45) is 4.99 Å². The number of ether oxygens (including phenoxy) is 1. The van der Waals surface area contributed by atoms with Crippen LogP contribution in [0.5, 0.6) is 0 Å². The number of aliphatic imine (C=N–C) groups is 1. The third-order valence-corrected chi connectivity index (χ3v) is 4.17. The van der Waals surface area contributed by atoms with Gasteiger partial charge in [-0.05, 0) is 42.0 Å². The highest BCUT2D eigenvalue weighted by Gasteiger charge is 2.24. The Balaban J connectivity index is 1.96. The minimum Gasteiger partial charge on any atom is -0.402 e. The lowest BCUT2D eigenvalue weighted by atomic mass is 10.2. The zero-order valence-electron chi connectivity index (χ0n) is 11.0. The number of benzene rings is 2. The molecule has 22 heavy (non-hydrogen) atoms. The maximum atomic E-state index is 11.9. The van der Waals surface area contributed by atoms with Gasteiger partial charge in [-0.25, -0.2) is 9.79 Å². The Morgan fingerprint density at radius 3 is 2.64 bits per heavy atom. The maximum Gasteiger partial charge on any atom is 0.363 e. The van der Waals surface area contributed by atoms with Crippen molar-refractivity contribution < 1.29 is 9.53 Å². The van der Waals surface area contributed by atoms with Crippen molar-refractivity contribution in [1.82, 2.24) is 0 Å². The molecule has 0 N–H and O–H groups in total. The Bertz CT molecular complexity index is 831. The molecule has 110 valence electrons. The van der Waals surface area contributed by atoms with Gasteiger partial charge in [0, 0.05) is 10.0 Å². The standard InChI is InChI=1S/C16H8BrCl2NO2/c17-11-3-1-2-9(6-11)7-14-16(21)22-15(20-14)10-4-5-12(18)13(19)8-10/h1-8H/b14-7-. The third-order valence-electron chi connectivity index (χ3n) is 2.94. The minimum atomic E-state index is -0.499. The fourth-order valence-electron chi connectivity index (χ4n) is 1.92. The lowest BCUT2D eigenvalue weighted by molar-refractivity contribution is -0.129. The molecule has 0 bridgehead atoms. The van der Waals surface area contributed by atoms with Crippen molar-refractivity contribution in [3.05, 3.63) is 73.8 Å². The van der Waals surface area contributed by atoms with Gasteiger partial charge in [-0.2, -0.15) is 0 Å². The van der Waals surface area contributed by atoms with E-state index >= 15 is 0 Å². The summed E-state index contributed by atoms with van der Waals surface area (Å²) in [6, 6.07) is 12.5. The van der Waals surface area contributed by atoms with Gasteiger partial charge in [0.25, 0.3) is 0 Å². The van der Waals surface area contributed by atoms with Crippen LogP contribution in [0.2, 0.25) is 10.0 Å². The van der Waals surface area contributed by atoms with Crippen LogP contribution in [0.1, 0.15) is 11.1 Å². The van der Waals surface area contributed by atoms with Crippen molar-refractivity contribution in [3.8, 4) is 0 Å². The normalized spacial score (nSPS) is 15.9. The zero-order chi connectivity index (χ0) is 15.7. The molecule has 2 aromatic rings. The molecule has 0 spiro atoms. The molecule has 0 amide bonds. The van der Waals surface area contributed by atoms with Crippen molar-refractivity contribution in [1.29, 1.82) is 0 Å². The Morgan fingerprint density at radius 2 is 1.91 bits per heavy atom. The molecular weight excluding hydrogens is 389 g/mol. The van der Waals surface area contributed by atoms with Crippen LogP contribution in [0.25, 0.3) is 6.08 Å². The van der Waals surface area contributed by atoms with Gasteiger partial charge in [-0.15, -0.1) is 0 Å². The highest BCUT2D eigenvalue weighted by molar-refractivity contribution is 9.10. The SMILES string of the molecule is O=C1OC(c2ccc(Cl)c(Cl)c2)=N/C1=C\c1cccc(Br)c1. The van der Waals surface area contributed by atoms with Crippen molar-refractivity contribution in [2.45, 2.75) is 0 Å².